The number of rotatable bonds is 36. The lowest BCUT2D eigenvalue weighted by molar-refractivity contribution is -0.887. The van der Waals surface area contributed by atoms with Gasteiger partial charge in [-0.15, -0.1) is 0 Å². The van der Waals surface area contributed by atoms with Crippen LogP contribution in [0, 0.1) is 0 Å². The number of ether oxygens (including phenoxy) is 3. The molecule has 0 aliphatic heterocycles. The number of hydrogen-bond acceptors (Lipinski definition) is 6. The summed E-state index contributed by atoms with van der Waals surface area (Å²) in [6.45, 7) is 4.63. The number of quaternary nitrogens is 1. The van der Waals surface area contributed by atoms with Gasteiger partial charge < -0.3 is 23.8 Å². The van der Waals surface area contributed by atoms with E-state index < -0.39 is 18.1 Å². The van der Waals surface area contributed by atoms with Gasteiger partial charge in [-0.25, -0.2) is 4.79 Å². The molecule has 0 bridgehead atoms. The first-order valence-electron chi connectivity index (χ1n) is 20.5. The molecule has 0 spiro atoms. The van der Waals surface area contributed by atoms with Crippen LogP contribution >= 0.6 is 0 Å². The fourth-order valence-corrected chi connectivity index (χ4v) is 5.77. The van der Waals surface area contributed by atoms with E-state index in [1.165, 1.54) is 70.6 Å². The number of carboxylic acid groups (broad SMARTS) is 1. The molecule has 2 unspecified atom stereocenters. The van der Waals surface area contributed by atoms with Crippen molar-refractivity contribution in [1.82, 2.24) is 0 Å². The lowest BCUT2D eigenvalue weighted by atomic mass is 10.1. The molecule has 0 aliphatic carbocycles. The van der Waals surface area contributed by atoms with Gasteiger partial charge in [-0.2, -0.15) is 0 Å². The number of unbranched alkanes of at least 4 members (excludes halogenated alkanes) is 17. The summed E-state index contributed by atoms with van der Waals surface area (Å²) in [5, 5.41) is 9.59. The van der Waals surface area contributed by atoms with Gasteiger partial charge in [0.2, 0.25) is 0 Å². The Morgan fingerprint density at radius 3 is 1.61 bits per heavy atom. The number of aliphatic carboxylic acids is 1. The monoisotopic (exact) mass is 721 g/mol. The average Bonchev–Trinajstić information content (AvgIpc) is 3.08. The van der Waals surface area contributed by atoms with Crippen LogP contribution in [0.5, 0.6) is 0 Å². The van der Waals surface area contributed by atoms with Gasteiger partial charge in [-0.1, -0.05) is 127 Å². The lowest BCUT2D eigenvalue weighted by Gasteiger charge is -2.31. The molecule has 0 heterocycles. The summed E-state index contributed by atoms with van der Waals surface area (Å²) in [5.74, 6) is -1.52. The Hall–Kier alpha value is -2.45. The normalized spacial score (nSPS) is 13.4. The molecule has 0 amide bonds. The average molecular weight is 721 g/mol. The van der Waals surface area contributed by atoms with Gasteiger partial charge in [0.15, 0.2) is 12.1 Å². The molecule has 0 saturated carbocycles. The number of nitrogens with zero attached hydrogens (tertiary/aromatic N) is 1. The van der Waals surface area contributed by atoms with E-state index in [0.717, 1.165) is 64.2 Å². The van der Waals surface area contributed by atoms with Gasteiger partial charge in [0.05, 0.1) is 34.4 Å². The van der Waals surface area contributed by atoms with Crippen molar-refractivity contribution >= 4 is 17.9 Å². The highest BCUT2D eigenvalue weighted by atomic mass is 16.6. The van der Waals surface area contributed by atoms with Crippen LogP contribution in [0.25, 0.3) is 0 Å². The Labute approximate surface area is 313 Å². The predicted octanol–water partition coefficient (Wildman–Crippen LogP) is 10.7. The van der Waals surface area contributed by atoms with E-state index in [9.17, 15) is 19.5 Å². The van der Waals surface area contributed by atoms with Gasteiger partial charge in [-0.3, -0.25) is 9.59 Å². The van der Waals surface area contributed by atoms with Crippen LogP contribution in [0.4, 0.5) is 0 Å². The van der Waals surface area contributed by atoms with E-state index in [2.05, 4.69) is 50.3 Å². The first kappa shape index (κ1) is 48.5. The van der Waals surface area contributed by atoms with Crippen molar-refractivity contribution in [3.05, 3.63) is 36.5 Å². The van der Waals surface area contributed by atoms with E-state index in [1.807, 2.05) is 21.1 Å². The summed E-state index contributed by atoms with van der Waals surface area (Å²) < 4.78 is 17.2. The van der Waals surface area contributed by atoms with Crippen LogP contribution in [0.15, 0.2) is 36.5 Å². The van der Waals surface area contributed by atoms with E-state index in [4.69, 9.17) is 14.2 Å². The fourth-order valence-electron chi connectivity index (χ4n) is 5.77. The van der Waals surface area contributed by atoms with Crippen LogP contribution in [0.3, 0.4) is 0 Å². The number of carboxylic acids is 1. The molecule has 0 aliphatic rings. The third kappa shape index (κ3) is 33.2. The summed E-state index contributed by atoms with van der Waals surface area (Å²) in [4.78, 5) is 36.8. The highest BCUT2D eigenvalue weighted by Crippen LogP contribution is 2.13. The second-order valence-corrected chi connectivity index (χ2v) is 14.9. The molecular weight excluding hydrogens is 642 g/mol. The Morgan fingerprint density at radius 1 is 0.588 bits per heavy atom. The molecule has 8 heteroatoms. The minimum absolute atomic E-state index is 0.0482. The Kier molecular flexibility index (Phi) is 33.0. The molecule has 0 aromatic heterocycles. The van der Waals surface area contributed by atoms with Gasteiger partial charge in [-0.05, 0) is 57.8 Å². The van der Waals surface area contributed by atoms with Gasteiger partial charge in [0, 0.05) is 19.3 Å². The van der Waals surface area contributed by atoms with Crippen molar-refractivity contribution in [2.45, 2.75) is 180 Å². The molecule has 51 heavy (non-hydrogen) atoms. The van der Waals surface area contributed by atoms with Gasteiger partial charge in [0.25, 0.3) is 0 Å². The summed E-state index contributed by atoms with van der Waals surface area (Å²) in [6.07, 6.45) is 37.6. The van der Waals surface area contributed by atoms with Crippen molar-refractivity contribution in [3.63, 3.8) is 0 Å². The van der Waals surface area contributed by atoms with E-state index in [-0.39, 0.29) is 36.2 Å². The highest BCUT2D eigenvalue weighted by Gasteiger charge is 2.31. The maximum Gasteiger partial charge on any atom is 0.362 e. The van der Waals surface area contributed by atoms with Crippen LogP contribution in [-0.2, 0) is 28.6 Å². The summed E-state index contributed by atoms with van der Waals surface area (Å²) in [5.41, 5.74) is 0. The molecule has 0 rings (SSSR count). The number of esters is 2. The maximum absolute atomic E-state index is 12.6. The summed E-state index contributed by atoms with van der Waals surface area (Å²) >= 11 is 0. The molecule has 0 radical (unpaired) electrons. The first-order chi connectivity index (χ1) is 24.6. The van der Waals surface area contributed by atoms with Crippen molar-refractivity contribution in [1.29, 1.82) is 0 Å². The molecule has 1 N–H and O–H groups in total. The van der Waals surface area contributed by atoms with Gasteiger partial charge >= 0.3 is 17.9 Å². The highest BCUT2D eigenvalue weighted by molar-refractivity contribution is 5.72. The van der Waals surface area contributed by atoms with E-state index in [0.29, 0.717) is 19.3 Å². The van der Waals surface area contributed by atoms with Crippen molar-refractivity contribution in [3.8, 4) is 0 Å². The molecule has 0 aromatic rings. The Bertz CT molecular complexity index is 937. The first-order valence-corrected chi connectivity index (χ1v) is 20.5. The molecule has 296 valence electrons. The smallest absolute Gasteiger partial charge is 0.362 e. The summed E-state index contributed by atoms with van der Waals surface area (Å²) in [6, 6.07) is -0.619. The van der Waals surface area contributed by atoms with Crippen molar-refractivity contribution in [2.75, 3.05) is 41.0 Å². The quantitative estimate of drug-likeness (QED) is 0.0226. The fraction of sp³-hybridized carbons (Fsp3) is 0.791. The predicted molar refractivity (Wildman–Crippen MR) is 211 cm³/mol. The number of likely N-dealkylation sites (N-methyl/N-ethyl adjacent to an activating group) is 1. The second-order valence-electron chi connectivity index (χ2n) is 14.9. The third-order valence-electron chi connectivity index (χ3n) is 9.04. The van der Waals surface area contributed by atoms with Crippen LogP contribution < -0.4 is 0 Å². The zero-order chi connectivity index (χ0) is 37.8. The topological polar surface area (TPSA) is 99.1 Å². The number of hydrogen-bond donors (Lipinski definition) is 1. The molecule has 8 nitrogen and oxygen atoms in total. The zero-order valence-electron chi connectivity index (χ0n) is 33.6. The second kappa shape index (κ2) is 34.6. The number of allylic oxidation sites excluding steroid dienone is 6. The zero-order valence-corrected chi connectivity index (χ0v) is 33.6. The van der Waals surface area contributed by atoms with Gasteiger partial charge in [0.1, 0.15) is 6.61 Å². The number of carbonyl (C=O) groups excluding carboxylic acids is 2. The largest absolute Gasteiger partial charge is 0.477 e. The molecule has 2 atom stereocenters. The minimum Gasteiger partial charge on any atom is -0.477 e. The van der Waals surface area contributed by atoms with Crippen LogP contribution in [0.2, 0.25) is 0 Å². The molecular formula is C43H78NO7+. The maximum atomic E-state index is 12.6. The molecule has 0 aromatic carbocycles. The minimum atomic E-state index is -0.882. The Balaban J connectivity index is 4.40. The molecule has 0 saturated heterocycles. The van der Waals surface area contributed by atoms with Crippen molar-refractivity contribution < 1.29 is 38.2 Å². The van der Waals surface area contributed by atoms with Crippen LogP contribution in [-0.4, -0.2) is 80.6 Å². The Morgan fingerprint density at radius 2 is 1.06 bits per heavy atom. The van der Waals surface area contributed by atoms with Crippen LogP contribution in [0.1, 0.15) is 168 Å². The lowest BCUT2D eigenvalue weighted by Crippen LogP contribution is -2.50. The number of carbonyl (C=O) groups is 3. The molecule has 0 fully saturated rings. The standard InChI is InChI=1S/C43H77NO7/c1-6-8-10-12-14-16-18-19-20-21-22-24-25-27-29-31-33-41(45)50-38-39(37-49-36-35-40(43(47)48)44(3,4)5)51-42(46)34-32-30-28-26-23-17-15-13-11-9-7-2/h13,15,17,20-21,23,39-40H,6-12,14,16,18-19,22,24-38H2,1-5H3/p+1/b15-13+,21-20+,23-17+. The van der Waals surface area contributed by atoms with E-state index in [1.54, 1.807) is 0 Å². The third-order valence-corrected chi connectivity index (χ3v) is 9.04. The van der Waals surface area contributed by atoms with E-state index >= 15 is 0 Å². The summed E-state index contributed by atoms with van der Waals surface area (Å²) in [7, 11) is 5.50. The van der Waals surface area contributed by atoms with Crippen molar-refractivity contribution in [2.24, 2.45) is 0 Å². The SMILES string of the molecule is CCCC/C=C/C=C/CCCCCC(=O)OC(COCCC(C(=O)O)[N+](C)(C)C)COC(=O)CCCCCCC/C=C/CCCCCCCCC.